The molecule has 0 unspecified atom stereocenters. The third-order valence-electron chi connectivity index (χ3n) is 3.16. The van der Waals surface area contributed by atoms with Gasteiger partial charge in [0.05, 0.1) is 3.57 Å². The largest absolute Gasteiger partial charge is 0.507 e. The van der Waals surface area contributed by atoms with Crippen LogP contribution < -0.4 is 0 Å². The zero-order valence-electron chi connectivity index (χ0n) is 9.27. The second kappa shape index (κ2) is 3.69. The van der Waals surface area contributed by atoms with E-state index in [1.165, 1.54) is 0 Å². The van der Waals surface area contributed by atoms with Gasteiger partial charge in [0.25, 0.3) is 5.89 Å². The smallest absolute Gasteiger partial charge is 0.258 e. The number of halogens is 1. The minimum Gasteiger partial charge on any atom is -0.507 e. The van der Waals surface area contributed by atoms with Crippen LogP contribution >= 0.6 is 22.6 Å². The normalized spacial score (nSPS) is 17.1. The first-order valence-corrected chi connectivity index (χ1v) is 6.49. The molecule has 5 heteroatoms. The van der Waals surface area contributed by atoms with Crippen LogP contribution in [0.5, 0.6) is 5.75 Å². The van der Waals surface area contributed by atoms with E-state index in [-0.39, 0.29) is 11.2 Å². The molecule has 17 heavy (non-hydrogen) atoms. The van der Waals surface area contributed by atoms with Crippen LogP contribution in [-0.2, 0) is 5.41 Å². The van der Waals surface area contributed by atoms with Crippen LogP contribution in [0.2, 0.25) is 0 Å². The minimum absolute atomic E-state index is 0.104. The zero-order chi connectivity index (χ0) is 12.0. The van der Waals surface area contributed by atoms with Gasteiger partial charge in [-0.2, -0.15) is 4.98 Å². The summed E-state index contributed by atoms with van der Waals surface area (Å²) >= 11 is 2.07. The molecule has 4 nitrogen and oxygen atoms in total. The van der Waals surface area contributed by atoms with Gasteiger partial charge < -0.3 is 9.63 Å². The molecule has 1 N–H and O–H groups in total. The lowest BCUT2D eigenvalue weighted by atomic mass is 10.1. The Morgan fingerprint density at radius 3 is 2.82 bits per heavy atom. The Hall–Kier alpha value is -1.11. The van der Waals surface area contributed by atoms with Gasteiger partial charge in [-0.1, -0.05) is 12.1 Å². The van der Waals surface area contributed by atoms with Crippen molar-refractivity contribution in [3.63, 3.8) is 0 Å². The monoisotopic (exact) mass is 342 g/mol. The molecule has 1 aliphatic carbocycles. The van der Waals surface area contributed by atoms with Crippen LogP contribution in [0.1, 0.15) is 25.6 Å². The fraction of sp³-hybridized carbons (Fsp3) is 0.333. The van der Waals surface area contributed by atoms with E-state index in [0.717, 1.165) is 27.8 Å². The Morgan fingerprint density at radius 2 is 2.18 bits per heavy atom. The van der Waals surface area contributed by atoms with Crippen LogP contribution in [0.3, 0.4) is 0 Å². The van der Waals surface area contributed by atoms with E-state index in [4.69, 9.17) is 4.52 Å². The minimum atomic E-state index is 0.104. The zero-order valence-corrected chi connectivity index (χ0v) is 11.4. The van der Waals surface area contributed by atoms with Gasteiger partial charge in [0, 0.05) is 11.0 Å². The number of nitrogens with zero attached hydrogens (tertiary/aromatic N) is 2. The van der Waals surface area contributed by atoms with Gasteiger partial charge in [-0.05, 0) is 53.6 Å². The third kappa shape index (κ3) is 1.92. The number of aromatic nitrogens is 2. The predicted molar refractivity (Wildman–Crippen MR) is 70.7 cm³/mol. The highest BCUT2D eigenvalue weighted by atomic mass is 127. The van der Waals surface area contributed by atoms with Gasteiger partial charge >= 0.3 is 0 Å². The quantitative estimate of drug-likeness (QED) is 0.852. The summed E-state index contributed by atoms with van der Waals surface area (Å²) in [5.74, 6) is 1.48. The molecule has 0 amide bonds. The molecular weight excluding hydrogens is 331 g/mol. The summed E-state index contributed by atoms with van der Waals surface area (Å²) in [6, 6.07) is 5.34. The van der Waals surface area contributed by atoms with Crippen molar-refractivity contribution in [1.29, 1.82) is 0 Å². The Kier molecular flexibility index (Phi) is 2.39. The summed E-state index contributed by atoms with van der Waals surface area (Å²) in [5.41, 5.74) is 0.860. The van der Waals surface area contributed by atoms with Crippen LogP contribution in [0, 0.1) is 3.57 Å². The molecular formula is C12H11IN2O2. The lowest BCUT2D eigenvalue weighted by Gasteiger charge is -1.99. The summed E-state index contributed by atoms with van der Waals surface area (Å²) in [6.45, 7) is 2.13. The van der Waals surface area contributed by atoms with Crippen molar-refractivity contribution in [3.8, 4) is 17.2 Å². The van der Waals surface area contributed by atoms with Gasteiger partial charge in [-0.25, -0.2) is 0 Å². The van der Waals surface area contributed by atoms with E-state index < -0.39 is 0 Å². The topological polar surface area (TPSA) is 59.2 Å². The summed E-state index contributed by atoms with van der Waals surface area (Å²) in [7, 11) is 0. The van der Waals surface area contributed by atoms with Crippen molar-refractivity contribution in [2.24, 2.45) is 0 Å². The molecule has 0 aliphatic heterocycles. The Morgan fingerprint density at radius 1 is 1.41 bits per heavy atom. The molecule has 0 spiro atoms. The molecule has 2 aromatic rings. The molecule has 1 aromatic carbocycles. The van der Waals surface area contributed by atoms with Gasteiger partial charge in [0.2, 0.25) is 0 Å². The van der Waals surface area contributed by atoms with Crippen molar-refractivity contribution < 1.29 is 9.63 Å². The summed E-state index contributed by atoms with van der Waals surface area (Å²) in [5, 5.41) is 13.7. The molecule has 1 aliphatic rings. The van der Waals surface area contributed by atoms with Gasteiger partial charge in [-0.15, -0.1) is 0 Å². The second-order valence-corrected chi connectivity index (χ2v) is 5.81. The number of benzene rings is 1. The molecule has 0 atom stereocenters. The lowest BCUT2D eigenvalue weighted by molar-refractivity contribution is 0.415. The maximum atomic E-state index is 9.64. The van der Waals surface area contributed by atoms with Crippen molar-refractivity contribution in [2.45, 2.75) is 25.2 Å². The highest BCUT2D eigenvalue weighted by Crippen LogP contribution is 2.46. The number of phenolic OH excluding ortho intramolecular Hbond substituents is 1. The first kappa shape index (κ1) is 11.0. The molecule has 0 saturated heterocycles. The van der Waals surface area contributed by atoms with Crippen molar-refractivity contribution in [1.82, 2.24) is 10.1 Å². The Labute approximate surface area is 112 Å². The number of phenols is 1. The summed E-state index contributed by atoms with van der Waals surface area (Å²) in [6.07, 6.45) is 2.23. The number of hydrogen-bond donors (Lipinski definition) is 1. The van der Waals surface area contributed by atoms with E-state index in [1.807, 2.05) is 12.1 Å². The van der Waals surface area contributed by atoms with Crippen LogP contribution in [0.15, 0.2) is 22.7 Å². The van der Waals surface area contributed by atoms with Gasteiger partial charge in [-0.3, -0.25) is 0 Å². The molecule has 1 heterocycles. The number of hydrogen-bond acceptors (Lipinski definition) is 4. The summed E-state index contributed by atoms with van der Waals surface area (Å²) in [4.78, 5) is 4.39. The molecule has 0 radical (unpaired) electrons. The van der Waals surface area contributed by atoms with Crippen molar-refractivity contribution in [3.05, 3.63) is 27.6 Å². The average molecular weight is 342 g/mol. The maximum absolute atomic E-state index is 9.64. The lowest BCUT2D eigenvalue weighted by Crippen LogP contribution is -2.01. The van der Waals surface area contributed by atoms with E-state index in [9.17, 15) is 5.11 Å². The number of rotatable bonds is 2. The summed E-state index contributed by atoms with van der Waals surface area (Å²) < 4.78 is 6.04. The van der Waals surface area contributed by atoms with Gasteiger partial charge in [0.1, 0.15) is 5.75 Å². The van der Waals surface area contributed by atoms with Gasteiger partial charge in [0.15, 0.2) is 5.82 Å². The standard InChI is InChI=1S/C12H11IN2O2/c1-12(4-5-12)11-14-10(17-15-11)7-2-3-8(13)9(16)6-7/h2-3,6,16H,4-5H2,1H3. The Balaban J connectivity index is 1.98. The molecule has 1 aromatic heterocycles. The second-order valence-electron chi connectivity index (χ2n) is 4.65. The molecule has 0 bridgehead atoms. The fourth-order valence-corrected chi connectivity index (χ4v) is 1.98. The first-order chi connectivity index (χ1) is 8.08. The van der Waals surface area contributed by atoms with Crippen LogP contribution in [-0.4, -0.2) is 15.2 Å². The molecule has 1 fully saturated rings. The molecule has 88 valence electrons. The highest BCUT2D eigenvalue weighted by Gasteiger charge is 2.43. The SMILES string of the molecule is CC1(c2noc(-c3ccc(I)c(O)c3)n2)CC1. The first-order valence-electron chi connectivity index (χ1n) is 5.42. The van der Waals surface area contributed by atoms with E-state index in [2.05, 4.69) is 39.7 Å². The fourth-order valence-electron chi connectivity index (χ4n) is 1.64. The molecule has 3 rings (SSSR count). The molecule has 1 saturated carbocycles. The highest BCUT2D eigenvalue weighted by molar-refractivity contribution is 14.1. The van der Waals surface area contributed by atoms with Crippen LogP contribution in [0.4, 0.5) is 0 Å². The number of aromatic hydroxyl groups is 1. The van der Waals surface area contributed by atoms with E-state index >= 15 is 0 Å². The average Bonchev–Trinajstić information content (AvgIpc) is 2.88. The predicted octanol–water partition coefficient (Wildman–Crippen LogP) is 3.10. The van der Waals surface area contributed by atoms with E-state index in [0.29, 0.717) is 5.89 Å². The third-order valence-corrected chi connectivity index (χ3v) is 4.07. The van der Waals surface area contributed by atoms with Crippen LogP contribution in [0.25, 0.3) is 11.5 Å². The van der Waals surface area contributed by atoms with E-state index in [1.54, 1.807) is 6.07 Å². The maximum Gasteiger partial charge on any atom is 0.258 e. The van der Waals surface area contributed by atoms with Crippen molar-refractivity contribution >= 4 is 22.6 Å². The Bertz CT molecular complexity index is 576. The van der Waals surface area contributed by atoms with Crippen molar-refractivity contribution in [2.75, 3.05) is 0 Å².